The molecule has 1 aromatic rings. The summed E-state index contributed by atoms with van der Waals surface area (Å²) in [5.74, 6) is 12.1. The first-order chi connectivity index (χ1) is 16.7. The van der Waals surface area contributed by atoms with Crippen molar-refractivity contribution >= 4 is 19.9 Å². The highest BCUT2D eigenvalue weighted by Crippen LogP contribution is 2.42. The lowest BCUT2D eigenvalue weighted by atomic mass is 9.93. The van der Waals surface area contributed by atoms with E-state index in [2.05, 4.69) is 62.5 Å². The van der Waals surface area contributed by atoms with Gasteiger partial charge >= 0.3 is 0 Å². The van der Waals surface area contributed by atoms with Crippen LogP contribution in [0.15, 0.2) is 41.6 Å². The topological polar surface area (TPSA) is 70.0 Å². The van der Waals surface area contributed by atoms with Gasteiger partial charge in [-0.25, -0.2) is 4.98 Å². The van der Waals surface area contributed by atoms with Crippen molar-refractivity contribution in [1.82, 2.24) is 4.98 Å². The predicted octanol–water partition coefficient (Wildman–Crippen LogP) is 5.03. The molecule has 0 amide bonds. The van der Waals surface area contributed by atoms with Crippen molar-refractivity contribution in [2.45, 2.75) is 88.9 Å². The van der Waals surface area contributed by atoms with Gasteiger partial charge in [0, 0.05) is 17.3 Å². The van der Waals surface area contributed by atoms with Crippen LogP contribution in [0.3, 0.4) is 0 Å². The molecule has 0 bridgehead atoms. The molecule has 3 aliphatic rings. The molecule has 4 rings (SSSR count). The standard InChI is InChI=1S/C28H34ClNO5Si/c1-26(2,3)36(6,7)35-24-20-11-8-9-14-28(31,23-18-32-27(4,5)34-23)15-13-19(20)17-22(24)33-21-12-10-16-30-25(21)29/h10-12,16-17,22-24,31H,14,18H2,1-7H3/b20-11+/t22-,23+,24-,28+/m0/s1. The van der Waals surface area contributed by atoms with Gasteiger partial charge in [-0.2, -0.15) is 0 Å². The number of fused-ring (bicyclic) bond motifs is 1. The quantitative estimate of drug-likeness (QED) is 0.329. The molecule has 8 heteroatoms. The van der Waals surface area contributed by atoms with Crippen molar-refractivity contribution in [2.75, 3.05) is 6.61 Å². The second-order valence-electron chi connectivity index (χ2n) is 11.3. The summed E-state index contributed by atoms with van der Waals surface area (Å²) in [6, 6.07) is 3.55. The highest BCUT2D eigenvalue weighted by atomic mass is 35.5. The van der Waals surface area contributed by atoms with Crippen LogP contribution < -0.4 is 4.74 Å². The van der Waals surface area contributed by atoms with Crippen molar-refractivity contribution in [1.29, 1.82) is 0 Å². The SMILES string of the molecule is CC1(C)OC[C@H]([C@]2(O)C#CC3=C[C@H](Oc4cccnc4Cl)[C@@H](O[Si](C)(C)C(C)(C)C)/C3=C/C#CC2)O1. The molecule has 6 nitrogen and oxygen atoms in total. The van der Waals surface area contributed by atoms with Gasteiger partial charge in [0.2, 0.25) is 0 Å². The van der Waals surface area contributed by atoms with E-state index in [1.807, 2.05) is 26.0 Å². The van der Waals surface area contributed by atoms with Crippen LogP contribution >= 0.6 is 11.6 Å². The van der Waals surface area contributed by atoms with Gasteiger partial charge in [-0.3, -0.25) is 0 Å². The lowest BCUT2D eigenvalue weighted by Crippen LogP contribution is -2.47. The number of rotatable bonds is 5. The van der Waals surface area contributed by atoms with Gasteiger partial charge in [-0.05, 0) is 56.3 Å². The Morgan fingerprint density at radius 1 is 1.28 bits per heavy atom. The zero-order valence-corrected chi connectivity index (χ0v) is 23.7. The molecule has 2 aliphatic carbocycles. The van der Waals surface area contributed by atoms with Gasteiger partial charge in [0.05, 0.1) is 13.0 Å². The Morgan fingerprint density at radius 2 is 2.03 bits per heavy atom. The van der Waals surface area contributed by atoms with Crippen molar-refractivity contribution in [3.8, 4) is 29.4 Å². The van der Waals surface area contributed by atoms with E-state index in [0.717, 1.165) is 5.57 Å². The summed E-state index contributed by atoms with van der Waals surface area (Å²) in [6.07, 6.45) is 3.97. The highest BCUT2D eigenvalue weighted by molar-refractivity contribution is 6.74. The molecule has 1 fully saturated rings. The second-order valence-corrected chi connectivity index (χ2v) is 16.5. The lowest BCUT2D eigenvalue weighted by molar-refractivity contribution is -0.159. The van der Waals surface area contributed by atoms with Gasteiger partial charge in [0.1, 0.15) is 18.3 Å². The summed E-state index contributed by atoms with van der Waals surface area (Å²) in [6.45, 7) is 14.8. The van der Waals surface area contributed by atoms with Crippen LogP contribution in [-0.2, 0) is 13.9 Å². The summed E-state index contributed by atoms with van der Waals surface area (Å²) in [4.78, 5) is 4.13. The van der Waals surface area contributed by atoms with Gasteiger partial charge in [-0.1, -0.05) is 56.1 Å². The van der Waals surface area contributed by atoms with Gasteiger partial charge in [0.15, 0.2) is 30.6 Å². The minimum Gasteiger partial charge on any atom is -0.480 e. The molecule has 1 aliphatic heterocycles. The Hall–Kier alpha value is -2.10. The Labute approximate surface area is 220 Å². The van der Waals surface area contributed by atoms with E-state index < -0.39 is 38.0 Å². The molecule has 2 heterocycles. The van der Waals surface area contributed by atoms with Gasteiger partial charge in [0.25, 0.3) is 0 Å². The van der Waals surface area contributed by atoms with E-state index in [0.29, 0.717) is 11.3 Å². The van der Waals surface area contributed by atoms with E-state index in [-0.39, 0.29) is 23.2 Å². The highest BCUT2D eigenvalue weighted by Gasteiger charge is 2.47. The Morgan fingerprint density at radius 3 is 2.67 bits per heavy atom. The van der Waals surface area contributed by atoms with Crippen LogP contribution in [0.5, 0.6) is 5.75 Å². The minimum absolute atomic E-state index is 0.0183. The Balaban J connectivity index is 1.72. The van der Waals surface area contributed by atoms with Crippen molar-refractivity contribution in [3.63, 3.8) is 0 Å². The first kappa shape index (κ1) is 26.9. The number of pyridine rings is 1. The monoisotopic (exact) mass is 527 g/mol. The summed E-state index contributed by atoms with van der Waals surface area (Å²) < 4.78 is 24.8. The summed E-state index contributed by atoms with van der Waals surface area (Å²) in [7, 11) is -2.21. The van der Waals surface area contributed by atoms with Crippen LogP contribution in [0.4, 0.5) is 0 Å². The van der Waals surface area contributed by atoms with E-state index >= 15 is 0 Å². The number of ether oxygens (including phenoxy) is 3. The van der Waals surface area contributed by atoms with Crippen LogP contribution in [0.2, 0.25) is 23.3 Å². The molecule has 0 spiro atoms. The molecule has 1 aromatic heterocycles. The fourth-order valence-electron chi connectivity index (χ4n) is 3.93. The number of nitrogens with zero attached hydrogens (tertiary/aromatic N) is 1. The molecule has 36 heavy (non-hydrogen) atoms. The van der Waals surface area contributed by atoms with Gasteiger partial charge in [-0.15, -0.1) is 0 Å². The van der Waals surface area contributed by atoms with Crippen LogP contribution in [0, 0.1) is 23.7 Å². The van der Waals surface area contributed by atoms with Crippen LogP contribution in [0.1, 0.15) is 41.0 Å². The maximum absolute atomic E-state index is 11.4. The van der Waals surface area contributed by atoms with E-state index in [9.17, 15) is 5.11 Å². The third kappa shape index (κ3) is 5.58. The Kier molecular flexibility index (Phi) is 7.22. The van der Waals surface area contributed by atoms with Gasteiger partial charge < -0.3 is 23.7 Å². The molecule has 192 valence electrons. The number of hydrogen-bond acceptors (Lipinski definition) is 6. The van der Waals surface area contributed by atoms with E-state index in [4.69, 9.17) is 30.2 Å². The predicted molar refractivity (Wildman–Crippen MR) is 142 cm³/mol. The summed E-state index contributed by atoms with van der Waals surface area (Å²) in [5, 5.41) is 11.7. The zero-order valence-electron chi connectivity index (χ0n) is 21.9. The van der Waals surface area contributed by atoms with E-state index in [1.54, 1.807) is 18.3 Å². The normalized spacial score (nSPS) is 30.8. The third-order valence-corrected chi connectivity index (χ3v) is 11.8. The minimum atomic E-state index is -2.21. The fraction of sp³-hybridized carbons (Fsp3) is 0.536. The van der Waals surface area contributed by atoms with Crippen molar-refractivity contribution in [2.24, 2.45) is 0 Å². The summed E-state index contributed by atoms with van der Waals surface area (Å²) >= 11 is 6.30. The average Bonchev–Trinajstić information content (AvgIpc) is 3.31. The number of allylic oxidation sites excluding steroid dienone is 1. The molecule has 0 saturated carbocycles. The number of aromatic nitrogens is 1. The molecule has 0 aromatic carbocycles. The van der Waals surface area contributed by atoms with Crippen molar-refractivity contribution < 1.29 is 23.7 Å². The first-order valence-electron chi connectivity index (χ1n) is 12.1. The molecule has 0 radical (unpaired) electrons. The molecule has 1 saturated heterocycles. The second kappa shape index (κ2) is 9.65. The maximum Gasteiger partial charge on any atom is 0.193 e. The molecule has 0 unspecified atom stereocenters. The smallest absolute Gasteiger partial charge is 0.193 e. The number of halogens is 1. The number of hydrogen-bond donors (Lipinski definition) is 1. The molecule has 4 atom stereocenters. The fourth-order valence-corrected chi connectivity index (χ4v) is 5.34. The summed E-state index contributed by atoms with van der Waals surface area (Å²) in [5.41, 5.74) is 0.0567. The first-order valence-corrected chi connectivity index (χ1v) is 15.4. The van der Waals surface area contributed by atoms with E-state index in [1.165, 1.54) is 0 Å². The number of aliphatic hydroxyl groups is 1. The molecular formula is C28H34ClNO5Si. The largest absolute Gasteiger partial charge is 0.480 e. The van der Waals surface area contributed by atoms with Crippen molar-refractivity contribution in [3.05, 3.63) is 46.8 Å². The van der Waals surface area contributed by atoms with Crippen LogP contribution in [-0.4, -0.2) is 54.7 Å². The maximum atomic E-state index is 11.4. The molecular weight excluding hydrogens is 494 g/mol. The van der Waals surface area contributed by atoms with Crippen LogP contribution in [0.25, 0.3) is 0 Å². The zero-order chi connectivity index (χ0) is 26.4. The third-order valence-electron chi connectivity index (χ3n) is 7.10. The molecule has 1 N–H and O–H groups in total. The Bertz CT molecular complexity index is 1210. The average molecular weight is 528 g/mol. The lowest BCUT2D eigenvalue weighted by Gasteiger charge is -2.40.